The number of hydrogen-bond acceptors (Lipinski definition) is 10. The van der Waals surface area contributed by atoms with Gasteiger partial charge in [-0.2, -0.15) is 5.26 Å². The molecule has 1 aromatic heterocycles. The highest BCUT2D eigenvalue weighted by molar-refractivity contribution is 7.14. The molecule has 0 fully saturated rings. The molecule has 1 aliphatic rings. The number of allylic oxidation sites excluding steroid dienone is 1. The number of benzene rings is 2. The molecule has 176 valence electrons. The average Bonchev–Trinajstić information content (AvgIpc) is 3.33. The summed E-state index contributed by atoms with van der Waals surface area (Å²) in [5, 5.41) is 19.8. The van der Waals surface area contributed by atoms with Crippen LogP contribution in [0.3, 0.4) is 0 Å². The van der Waals surface area contributed by atoms with Gasteiger partial charge in [0.05, 0.1) is 37.4 Å². The molecule has 0 bridgehead atoms. The van der Waals surface area contributed by atoms with Crippen molar-refractivity contribution >= 4 is 29.0 Å². The highest BCUT2D eigenvalue weighted by Crippen LogP contribution is 2.43. The van der Waals surface area contributed by atoms with E-state index in [4.69, 9.17) is 15.2 Å². The van der Waals surface area contributed by atoms with Crippen LogP contribution in [0.15, 0.2) is 77.3 Å². The van der Waals surface area contributed by atoms with Crippen molar-refractivity contribution in [2.75, 3.05) is 19.1 Å². The molecule has 4 rings (SSSR count). The van der Waals surface area contributed by atoms with Gasteiger partial charge < -0.3 is 15.2 Å². The number of nitrogens with zero attached hydrogens (tertiary/aromatic N) is 4. The summed E-state index contributed by atoms with van der Waals surface area (Å²) in [5.74, 6) is -2.50. The van der Waals surface area contributed by atoms with Gasteiger partial charge >= 0.3 is 11.9 Å². The van der Waals surface area contributed by atoms with Crippen LogP contribution in [0, 0.1) is 18.3 Å². The molecular formula is C25H21N5O4S. The first-order valence-corrected chi connectivity index (χ1v) is 11.3. The molecule has 0 radical (unpaired) electrons. The molecular weight excluding hydrogens is 466 g/mol. The van der Waals surface area contributed by atoms with Crippen LogP contribution < -0.4 is 10.6 Å². The Balaban J connectivity index is 2.01. The Morgan fingerprint density at radius 2 is 1.77 bits per heavy atom. The van der Waals surface area contributed by atoms with E-state index in [1.54, 1.807) is 48.5 Å². The summed E-state index contributed by atoms with van der Waals surface area (Å²) in [6.45, 7) is 1.85. The van der Waals surface area contributed by atoms with E-state index >= 15 is 0 Å². The highest BCUT2D eigenvalue weighted by atomic mass is 32.1. The number of anilines is 1. The normalized spacial score (nSPS) is 15.6. The summed E-state index contributed by atoms with van der Waals surface area (Å²) in [7, 11) is 2.42. The molecule has 10 heteroatoms. The second-order valence-electron chi connectivity index (χ2n) is 7.51. The molecule has 1 aliphatic heterocycles. The number of nitriles is 1. The molecule has 2 N–H and O–H groups in total. The molecule has 0 saturated heterocycles. The average molecular weight is 488 g/mol. The SMILES string of the molecule is COC(=O)C1=C(C(=O)OC)N(c2cccc(-c3nnc(C)s3)c2)C(N)=C(C#N)C1c1ccccc1. The summed E-state index contributed by atoms with van der Waals surface area (Å²) < 4.78 is 10.1. The van der Waals surface area contributed by atoms with E-state index in [9.17, 15) is 14.9 Å². The quantitative estimate of drug-likeness (QED) is 0.538. The Bertz CT molecular complexity index is 1400. The van der Waals surface area contributed by atoms with E-state index in [1.807, 2.05) is 13.0 Å². The van der Waals surface area contributed by atoms with Crippen LogP contribution in [-0.4, -0.2) is 36.4 Å². The standard InChI is InChI=1S/C25H21N5O4S/c1-14-28-29-23(35-14)16-10-7-11-17(12-16)30-21(25(32)34-3)20(24(31)33-2)19(18(13-26)22(30)27)15-8-5-4-6-9-15/h4-12,19H,27H2,1-3H3. The first-order valence-electron chi connectivity index (χ1n) is 10.5. The summed E-state index contributed by atoms with van der Waals surface area (Å²) in [6.07, 6.45) is 0. The lowest BCUT2D eigenvalue weighted by molar-refractivity contribution is -0.139. The van der Waals surface area contributed by atoms with E-state index in [0.29, 0.717) is 16.3 Å². The van der Waals surface area contributed by atoms with E-state index in [-0.39, 0.29) is 22.7 Å². The van der Waals surface area contributed by atoms with Gasteiger partial charge in [0.25, 0.3) is 0 Å². The van der Waals surface area contributed by atoms with Crippen molar-refractivity contribution < 1.29 is 19.1 Å². The molecule has 0 saturated carbocycles. The Morgan fingerprint density at radius 3 is 2.37 bits per heavy atom. The molecule has 0 amide bonds. The van der Waals surface area contributed by atoms with Crippen molar-refractivity contribution in [3.63, 3.8) is 0 Å². The summed E-state index contributed by atoms with van der Waals surface area (Å²) in [5.41, 5.74) is 8.23. The third-order valence-electron chi connectivity index (χ3n) is 5.49. The lowest BCUT2D eigenvalue weighted by Gasteiger charge is -2.36. The maximum Gasteiger partial charge on any atom is 0.355 e. The van der Waals surface area contributed by atoms with Crippen LogP contribution in [0.5, 0.6) is 0 Å². The van der Waals surface area contributed by atoms with E-state index in [2.05, 4.69) is 16.3 Å². The van der Waals surface area contributed by atoms with Crippen molar-refractivity contribution in [3.05, 3.63) is 87.8 Å². The van der Waals surface area contributed by atoms with Gasteiger partial charge in [-0.05, 0) is 24.6 Å². The molecule has 35 heavy (non-hydrogen) atoms. The van der Waals surface area contributed by atoms with Gasteiger partial charge in [-0.1, -0.05) is 53.8 Å². The molecule has 3 aromatic rings. The van der Waals surface area contributed by atoms with Crippen molar-refractivity contribution in [3.8, 4) is 16.6 Å². The van der Waals surface area contributed by atoms with Gasteiger partial charge in [-0.15, -0.1) is 10.2 Å². The minimum atomic E-state index is -0.923. The lowest BCUT2D eigenvalue weighted by atomic mass is 9.81. The molecule has 9 nitrogen and oxygen atoms in total. The number of rotatable bonds is 5. The van der Waals surface area contributed by atoms with E-state index < -0.39 is 17.9 Å². The number of ether oxygens (including phenoxy) is 2. The predicted molar refractivity (Wildman–Crippen MR) is 130 cm³/mol. The Kier molecular flexibility index (Phi) is 6.62. The monoisotopic (exact) mass is 487 g/mol. The van der Waals surface area contributed by atoms with Crippen LogP contribution in [0.2, 0.25) is 0 Å². The fraction of sp³-hybridized carbons (Fsp3) is 0.160. The number of carbonyl (C=O) groups is 2. The zero-order valence-corrected chi connectivity index (χ0v) is 20.0. The largest absolute Gasteiger partial charge is 0.466 e. The Labute approximate surface area is 205 Å². The number of carbonyl (C=O) groups excluding carboxylic acids is 2. The molecule has 1 unspecified atom stereocenters. The first kappa shape index (κ1) is 23.7. The fourth-order valence-electron chi connectivity index (χ4n) is 3.97. The zero-order valence-electron chi connectivity index (χ0n) is 19.2. The summed E-state index contributed by atoms with van der Waals surface area (Å²) >= 11 is 1.41. The minimum Gasteiger partial charge on any atom is -0.466 e. The van der Waals surface area contributed by atoms with Gasteiger partial charge in [0.2, 0.25) is 0 Å². The Hall–Kier alpha value is -4.49. The first-order chi connectivity index (χ1) is 16.9. The van der Waals surface area contributed by atoms with Crippen LogP contribution in [0.1, 0.15) is 16.5 Å². The highest BCUT2D eigenvalue weighted by Gasteiger charge is 2.43. The minimum absolute atomic E-state index is 0.000000420. The van der Waals surface area contributed by atoms with Crippen LogP contribution in [0.25, 0.3) is 10.6 Å². The number of esters is 2. The van der Waals surface area contributed by atoms with Crippen molar-refractivity contribution in [2.45, 2.75) is 12.8 Å². The number of hydrogen-bond donors (Lipinski definition) is 1. The molecule has 0 aliphatic carbocycles. The van der Waals surface area contributed by atoms with Crippen molar-refractivity contribution in [1.29, 1.82) is 5.26 Å². The predicted octanol–water partition coefficient (Wildman–Crippen LogP) is 3.41. The van der Waals surface area contributed by atoms with Crippen LogP contribution >= 0.6 is 11.3 Å². The summed E-state index contributed by atoms with van der Waals surface area (Å²) in [6, 6.07) is 18.1. The van der Waals surface area contributed by atoms with Gasteiger partial charge in [0.1, 0.15) is 21.5 Å². The molecule has 1 atom stereocenters. The number of methoxy groups -OCH3 is 2. The third kappa shape index (κ3) is 4.25. The fourth-order valence-corrected chi connectivity index (χ4v) is 4.66. The van der Waals surface area contributed by atoms with E-state index in [0.717, 1.165) is 10.6 Å². The maximum atomic E-state index is 13.1. The number of aryl methyl sites for hydroxylation is 1. The Morgan fingerprint density at radius 1 is 1.06 bits per heavy atom. The van der Waals surface area contributed by atoms with Gasteiger partial charge in [-0.25, -0.2) is 9.59 Å². The number of aromatic nitrogens is 2. The second-order valence-corrected chi connectivity index (χ2v) is 8.69. The molecule has 2 aromatic carbocycles. The second kappa shape index (κ2) is 9.79. The third-order valence-corrected chi connectivity index (χ3v) is 6.38. The van der Waals surface area contributed by atoms with Gasteiger partial charge in [0.15, 0.2) is 0 Å². The molecule has 0 spiro atoms. The maximum absolute atomic E-state index is 13.1. The van der Waals surface area contributed by atoms with Crippen molar-refractivity contribution in [2.24, 2.45) is 5.73 Å². The van der Waals surface area contributed by atoms with Crippen LogP contribution in [0.4, 0.5) is 5.69 Å². The summed E-state index contributed by atoms with van der Waals surface area (Å²) in [4.78, 5) is 27.6. The zero-order chi connectivity index (χ0) is 25.1. The van der Waals surface area contributed by atoms with Crippen molar-refractivity contribution in [1.82, 2.24) is 10.2 Å². The van der Waals surface area contributed by atoms with Crippen LogP contribution in [-0.2, 0) is 19.1 Å². The number of nitrogens with two attached hydrogens (primary N) is 1. The lowest BCUT2D eigenvalue weighted by Crippen LogP contribution is -2.40. The van der Waals surface area contributed by atoms with E-state index in [1.165, 1.54) is 30.5 Å². The van der Waals surface area contributed by atoms with Gasteiger partial charge in [-0.3, -0.25) is 4.90 Å². The van der Waals surface area contributed by atoms with Gasteiger partial charge in [0, 0.05) is 11.3 Å². The molecule has 2 heterocycles. The topological polar surface area (TPSA) is 131 Å². The smallest absolute Gasteiger partial charge is 0.355 e.